The highest BCUT2D eigenvalue weighted by Gasteiger charge is 2.52. The highest BCUT2D eigenvalue weighted by atomic mass is 16.6. The zero-order valence-corrected chi connectivity index (χ0v) is 20.1. The van der Waals surface area contributed by atoms with Crippen LogP contribution >= 0.6 is 0 Å². The Balaban J connectivity index is 1.27. The van der Waals surface area contributed by atoms with Gasteiger partial charge in [-0.25, -0.2) is 4.79 Å². The van der Waals surface area contributed by atoms with Gasteiger partial charge in [-0.15, -0.1) is 0 Å². The molecule has 0 bridgehead atoms. The Morgan fingerprint density at radius 3 is 2.14 bits per heavy atom. The lowest BCUT2D eigenvalue weighted by Gasteiger charge is -2.14. The Kier molecular flexibility index (Phi) is 6.29. The number of carbonyl (C=O) groups excluding carboxylic acids is 2. The van der Waals surface area contributed by atoms with Gasteiger partial charge >= 0.3 is 12.1 Å². The van der Waals surface area contributed by atoms with Gasteiger partial charge in [0, 0.05) is 5.56 Å². The summed E-state index contributed by atoms with van der Waals surface area (Å²) in [4.78, 5) is 28.7. The summed E-state index contributed by atoms with van der Waals surface area (Å²) in [5.41, 5.74) is 4.21. The molecule has 0 spiro atoms. The van der Waals surface area contributed by atoms with Crippen molar-refractivity contribution in [1.82, 2.24) is 4.98 Å². The maximum absolute atomic E-state index is 12.4. The summed E-state index contributed by atoms with van der Waals surface area (Å²) in [6.45, 7) is 1.81. The standard InChI is InChI=1S/C29H26N2O5/c1-19(20-6-4-3-5-7-20)36-28(33)31-26-25(35-18-30-26)23-10-8-21(9-11-23)22-12-14-24(15-13-22)29(16-17-29)27(32)34-2/h3-15,18-19H,16-17H2,1-2H3,(H,31,33)/t19-/m1/s1. The maximum atomic E-state index is 12.4. The summed E-state index contributed by atoms with van der Waals surface area (Å²) < 4.78 is 16.0. The number of benzene rings is 3. The predicted octanol–water partition coefficient (Wildman–Crippen LogP) is 6.52. The molecule has 0 radical (unpaired) electrons. The van der Waals surface area contributed by atoms with E-state index in [1.54, 1.807) is 0 Å². The molecule has 5 rings (SSSR count). The molecule has 4 aromatic rings. The summed E-state index contributed by atoms with van der Waals surface area (Å²) in [5.74, 6) is 0.555. The largest absolute Gasteiger partial charge is 0.468 e. The van der Waals surface area contributed by atoms with Crippen LogP contribution < -0.4 is 5.32 Å². The third-order valence-corrected chi connectivity index (χ3v) is 6.58. The average molecular weight is 483 g/mol. The number of oxazole rings is 1. The van der Waals surface area contributed by atoms with Gasteiger partial charge in [0.2, 0.25) is 0 Å². The second-order valence-corrected chi connectivity index (χ2v) is 8.84. The van der Waals surface area contributed by atoms with Crippen molar-refractivity contribution >= 4 is 17.9 Å². The first-order valence-corrected chi connectivity index (χ1v) is 11.8. The van der Waals surface area contributed by atoms with Gasteiger partial charge in [0.25, 0.3) is 0 Å². The van der Waals surface area contributed by atoms with Crippen LogP contribution in [0.15, 0.2) is 89.7 Å². The Morgan fingerprint density at radius 2 is 1.53 bits per heavy atom. The van der Waals surface area contributed by atoms with E-state index in [4.69, 9.17) is 13.9 Å². The lowest BCUT2D eigenvalue weighted by molar-refractivity contribution is -0.143. The molecule has 36 heavy (non-hydrogen) atoms. The van der Waals surface area contributed by atoms with Gasteiger partial charge in [0.1, 0.15) is 6.10 Å². The van der Waals surface area contributed by atoms with E-state index in [2.05, 4.69) is 10.3 Å². The molecule has 1 fully saturated rings. The van der Waals surface area contributed by atoms with Gasteiger partial charge in [0.15, 0.2) is 18.0 Å². The molecule has 1 N–H and O–H groups in total. The summed E-state index contributed by atoms with van der Waals surface area (Å²) in [6, 6.07) is 25.3. The van der Waals surface area contributed by atoms with E-state index in [0.717, 1.165) is 40.7 Å². The molecule has 1 aromatic heterocycles. The Labute approximate surface area is 209 Å². The average Bonchev–Trinajstić information content (AvgIpc) is 3.61. The summed E-state index contributed by atoms with van der Waals surface area (Å²) in [7, 11) is 1.43. The van der Waals surface area contributed by atoms with Crippen molar-refractivity contribution in [3.05, 3.63) is 96.4 Å². The van der Waals surface area contributed by atoms with Gasteiger partial charge in [0.05, 0.1) is 12.5 Å². The Bertz CT molecular complexity index is 1360. The number of nitrogens with one attached hydrogen (secondary N) is 1. The molecular weight excluding hydrogens is 456 g/mol. The van der Waals surface area contributed by atoms with Crippen LogP contribution in [0.1, 0.15) is 37.0 Å². The van der Waals surface area contributed by atoms with Crippen molar-refractivity contribution in [1.29, 1.82) is 0 Å². The quantitative estimate of drug-likeness (QED) is 0.302. The molecule has 3 aromatic carbocycles. The van der Waals surface area contributed by atoms with Gasteiger partial charge in [-0.3, -0.25) is 10.1 Å². The van der Waals surface area contributed by atoms with Crippen LogP contribution in [0, 0.1) is 0 Å². The molecule has 0 aliphatic heterocycles. The topological polar surface area (TPSA) is 90.7 Å². The molecule has 182 valence electrons. The Morgan fingerprint density at radius 1 is 0.917 bits per heavy atom. The predicted molar refractivity (Wildman–Crippen MR) is 135 cm³/mol. The van der Waals surface area contributed by atoms with Gasteiger partial charge in [-0.1, -0.05) is 78.9 Å². The SMILES string of the molecule is COC(=O)C1(c2ccc(-c3ccc(-c4ocnc4NC(=O)O[C@H](C)c4ccccc4)cc3)cc2)CC1. The monoisotopic (exact) mass is 482 g/mol. The van der Waals surface area contributed by atoms with Crippen molar-refractivity contribution in [2.45, 2.75) is 31.3 Å². The first-order valence-electron chi connectivity index (χ1n) is 11.8. The number of methoxy groups -OCH3 is 1. The van der Waals surface area contributed by atoms with Crippen LogP contribution in [0.5, 0.6) is 0 Å². The first-order chi connectivity index (χ1) is 17.5. The van der Waals surface area contributed by atoms with E-state index in [-0.39, 0.29) is 11.8 Å². The fourth-order valence-corrected chi connectivity index (χ4v) is 4.35. The van der Waals surface area contributed by atoms with Crippen LogP contribution in [-0.4, -0.2) is 24.2 Å². The van der Waals surface area contributed by atoms with Crippen molar-refractivity contribution in [3.63, 3.8) is 0 Å². The molecule has 1 aliphatic rings. The summed E-state index contributed by atoms with van der Waals surface area (Å²) >= 11 is 0. The molecule has 1 amide bonds. The van der Waals surface area contributed by atoms with Gasteiger partial charge < -0.3 is 13.9 Å². The highest BCUT2D eigenvalue weighted by Crippen LogP contribution is 2.49. The molecule has 1 atom stereocenters. The third kappa shape index (κ3) is 4.60. The van der Waals surface area contributed by atoms with E-state index in [0.29, 0.717) is 5.76 Å². The van der Waals surface area contributed by atoms with E-state index in [1.807, 2.05) is 85.8 Å². The molecule has 7 heteroatoms. The number of anilines is 1. The molecule has 1 heterocycles. The van der Waals surface area contributed by atoms with Crippen LogP contribution in [0.3, 0.4) is 0 Å². The second-order valence-electron chi connectivity index (χ2n) is 8.84. The lowest BCUT2D eigenvalue weighted by atomic mass is 9.93. The van der Waals surface area contributed by atoms with Crippen molar-refractivity contribution in [2.75, 3.05) is 12.4 Å². The minimum absolute atomic E-state index is 0.172. The van der Waals surface area contributed by atoms with E-state index in [9.17, 15) is 9.59 Å². The number of hydrogen-bond acceptors (Lipinski definition) is 6. The molecule has 0 saturated heterocycles. The first kappa shape index (κ1) is 23.4. The molecule has 0 unspecified atom stereocenters. The molecule has 1 aliphatic carbocycles. The maximum Gasteiger partial charge on any atom is 0.413 e. The van der Waals surface area contributed by atoms with Crippen molar-refractivity contribution < 1.29 is 23.5 Å². The van der Waals surface area contributed by atoms with Crippen molar-refractivity contribution in [3.8, 4) is 22.5 Å². The van der Waals surface area contributed by atoms with E-state index >= 15 is 0 Å². The van der Waals surface area contributed by atoms with Crippen LogP contribution in [0.4, 0.5) is 10.6 Å². The number of aromatic nitrogens is 1. The minimum Gasteiger partial charge on any atom is -0.468 e. The number of amides is 1. The lowest BCUT2D eigenvalue weighted by Crippen LogP contribution is -2.21. The second kappa shape index (κ2) is 9.70. The number of hydrogen-bond donors (Lipinski definition) is 1. The van der Waals surface area contributed by atoms with Crippen LogP contribution in [0.25, 0.3) is 22.5 Å². The van der Waals surface area contributed by atoms with Crippen molar-refractivity contribution in [2.24, 2.45) is 0 Å². The number of rotatable bonds is 7. The van der Waals surface area contributed by atoms with E-state index < -0.39 is 17.6 Å². The number of esters is 1. The summed E-state index contributed by atoms with van der Waals surface area (Å²) in [5, 5.41) is 2.67. The minimum atomic E-state index is -0.612. The van der Waals surface area contributed by atoms with Crippen LogP contribution in [-0.2, 0) is 19.7 Å². The van der Waals surface area contributed by atoms with Crippen LogP contribution in [0.2, 0.25) is 0 Å². The fourth-order valence-electron chi connectivity index (χ4n) is 4.35. The zero-order valence-electron chi connectivity index (χ0n) is 20.1. The zero-order chi connectivity index (χ0) is 25.1. The van der Waals surface area contributed by atoms with E-state index in [1.165, 1.54) is 13.5 Å². The number of nitrogens with zero attached hydrogens (tertiary/aromatic N) is 1. The smallest absolute Gasteiger partial charge is 0.413 e. The third-order valence-electron chi connectivity index (χ3n) is 6.58. The fraction of sp³-hybridized carbons (Fsp3) is 0.207. The molecule has 7 nitrogen and oxygen atoms in total. The van der Waals surface area contributed by atoms with Gasteiger partial charge in [-0.2, -0.15) is 4.98 Å². The molecule has 1 saturated carbocycles. The normalized spacial score (nSPS) is 14.5. The Hall–Kier alpha value is -4.39. The highest BCUT2D eigenvalue weighted by molar-refractivity contribution is 5.88. The number of carbonyl (C=O) groups is 2. The van der Waals surface area contributed by atoms with Gasteiger partial charge in [-0.05, 0) is 42.0 Å². The molecular formula is C29H26N2O5. The summed E-state index contributed by atoms with van der Waals surface area (Å²) in [6.07, 6.45) is 1.90. The number of ether oxygens (including phenoxy) is 2.